The Hall–Kier alpha value is -2.14. The van der Waals surface area contributed by atoms with E-state index in [9.17, 15) is 9.59 Å². The van der Waals surface area contributed by atoms with Crippen LogP contribution in [0.5, 0.6) is 0 Å². The largest absolute Gasteiger partial charge is 0.465 e. The highest BCUT2D eigenvalue weighted by Gasteiger charge is 2.14. The van der Waals surface area contributed by atoms with Crippen LogP contribution in [0.25, 0.3) is 21.0 Å². The zero-order chi connectivity index (χ0) is 13.6. The molecular weight excluding hydrogens is 262 g/mol. The lowest BCUT2D eigenvalue weighted by Gasteiger charge is -2.00. The molecule has 2 aromatic heterocycles. The number of hydrogen-bond acceptors (Lipinski definition) is 4. The summed E-state index contributed by atoms with van der Waals surface area (Å²) in [5, 5.41) is 1.48. The molecule has 0 aliphatic carbocycles. The van der Waals surface area contributed by atoms with Crippen molar-refractivity contribution in [1.82, 2.24) is 4.98 Å². The summed E-state index contributed by atoms with van der Waals surface area (Å²) < 4.78 is 5.52. The number of H-pyrrole nitrogens is 1. The van der Waals surface area contributed by atoms with E-state index in [0.29, 0.717) is 10.3 Å². The minimum absolute atomic E-state index is 0.183. The number of rotatable bonds is 1. The number of fused-ring (bicyclic) bond motifs is 3. The molecule has 0 radical (unpaired) electrons. The van der Waals surface area contributed by atoms with Gasteiger partial charge >= 0.3 is 5.97 Å². The lowest BCUT2D eigenvalue weighted by molar-refractivity contribution is 0.0606. The molecule has 0 unspecified atom stereocenters. The number of pyridine rings is 1. The summed E-state index contributed by atoms with van der Waals surface area (Å²) in [4.78, 5) is 26.8. The van der Waals surface area contributed by atoms with Gasteiger partial charge in [0.25, 0.3) is 5.56 Å². The zero-order valence-electron chi connectivity index (χ0n) is 10.4. The first kappa shape index (κ1) is 11.9. The first-order valence-electron chi connectivity index (χ1n) is 5.74. The predicted molar refractivity (Wildman–Crippen MR) is 76.0 cm³/mol. The normalized spacial score (nSPS) is 11.1. The van der Waals surface area contributed by atoms with E-state index in [2.05, 4.69) is 4.98 Å². The number of hydrogen-bond donors (Lipinski definition) is 1. The van der Waals surface area contributed by atoms with Crippen molar-refractivity contribution >= 4 is 38.3 Å². The average molecular weight is 273 g/mol. The summed E-state index contributed by atoms with van der Waals surface area (Å²) in [6, 6.07) is 7.42. The molecule has 0 fully saturated rings. The second-order valence-corrected chi connectivity index (χ2v) is 5.40. The summed E-state index contributed by atoms with van der Waals surface area (Å²) in [7, 11) is 1.33. The van der Waals surface area contributed by atoms with Crippen molar-refractivity contribution in [2.75, 3.05) is 7.11 Å². The van der Waals surface area contributed by atoms with E-state index in [1.165, 1.54) is 18.4 Å². The highest BCUT2D eigenvalue weighted by Crippen LogP contribution is 2.30. The van der Waals surface area contributed by atoms with E-state index < -0.39 is 5.97 Å². The second-order valence-electron chi connectivity index (χ2n) is 4.35. The summed E-state index contributed by atoms with van der Waals surface area (Å²) >= 11 is 1.29. The number of ether oxygens (including phenoxy) is 1. The summed E-state index contributed by atoms with van der Waals surface area (Å²) in [6.07, 6.45) is 0. The van der Waals surface area contributed by atoms with Crippen LogP contribution in [0.1, 0.15) is 15.2 Å². The van der Waals surface area contributed by atoms with Crippen LogP contribution in [-0.2, 0) is 4.74 Å². The van der Waals surface area contributed by atoms with E-state index in [-0.39, 0.29) is 5.56 Å². The molecule has 0 aliphatic heterocycles. The molecule has 1 N–H and O–H groups in total. The van der Waals surface area contributed by atoms with E-state index in [0.717, 1.165) is 21.2 Å². The lowest BCUT2D eigenvalue weighted by atomic mass is 10.1. The minimum Gasteiger partial charge on any atom is -0.465 e. The third-order valence-electron chi connectivity index (χ3n) is 3.03. The fraction of sp³-hybridized carbons (Fsp3) is 0.143. The Bertz CT molecular complexity index is 860. The standard InChI is InChI=1S/C14H11NO3S/c1-7-3-4-10-8(5-7)12-9(13(16)15-10)6-11(19-12)14(17)18-2/h3-6H,1-2H3,(H,15,16). The number of carbonyl (C=O) groups excluding carboxylic acids is 1. The van der Waals surface area contributed by atoms with Crippen LogP contribution in [0.2, 0.25) is 0 Å². The zero-order valence-corrected chi connectivity index (χ0v) is 11.3. The number of aromatic nitrogens is 1. The van der Waals surface area contributed by atoms with Crippen molar-refractivity contribution in [2.24, 2.45) is 0 Å². The number of benzene rings is 1. The number of carbonyl (C=O) groups is 1. The molecule has 0 aliphatic rings. The van der Waals surface area contributed by atoms with Crippen LogP contribution in [0, 0.1) is 6.92 Å². The molecule has 3 aromatic rings. The van der Waals surface area contributed by atoms with Crippen molar-refractivity contribution in [1.29, 1.82) is 0 Å². The third kappa shape index (κ3) is 1.82. The van der Waals surface area contributed by atoms with Gasteiger partial charge in [-0.15, -0.1) is 11.3 Å². The Morgan fingerprint density at radius 1 is 1.26 bits per heavy atom. The molecule has 4 nitrogen and oxygen atoms in total. The van der Waals surface area contributed by atoms with Crippen LogP contribution in [0.3, 0.4) is 0 Å². The van der Waals surface area contributed by atoms with Crippen molar-refractivity contribution in [2.45, 2.75) is 6.92 Å². The van der Waals surface area contributed by atoms with Gasteiger partial charge in [-0.3, -0.25) is 4.79 Å². The van der Waals surface area contributed by atoms with Crippen LogP contribution in [-0.4, -0.2) is 18.1 Å². The molecule has 0 bridgehead atoms. The molecule has 0 saturated heterocycles. The van der Waals surface area contributed by atoms with E-state index in [1.54, 1.807) is 6.07 Å². The van der Waals surface area contributed by atoms with Gasteiger partial charge in [0, 0.05) is 10.9 Å². The molecule has 96 valence electrons. The van der Waals surface area contributed by atoms with E-state index >= 15 is 0 Å². The molecule has 0 spiro atoms. The van der Waals surface area contributed by atoms with Gasteiger partial charge in [-0.1, -0.05) is 11.6 Å². The van der Waals surface area contributed by atoms with Crippen molar-refractivity contribution in [3.63, 3.8) is 0 Å². The van der Waals surface area contributed by atoms with Gasteiger partial charge < -0.3 is 9.72 Å². The Morgan fingerprint density at radius 2 is 2.05 bits per heavy atom. The number of aryl methyl sites for hydroxylation is 1. The molecule has 1 aromatic carbocycles. The van der Waals surface area contributed by atoms with Crippen LogP contribution < -0.4 is 5.56 Å². The van der Waals surface area contributed by atoms with Crippen molar-refractivity contribution in [3.05, 3.63) is 45.1 Å². The molecule has 0 saturated carbocycles. The van der Waals surface area contributed by atoms with Gasteiger partial charge in [0.05, 0.1) is 17.2 Å². The highest BCUT2D eigenvalue weighted by molar-refractivity contribution is 7.21. The van der Waals surface area contributed by atoms with Crippen LogP contribution in [0.15, 0.2) is 29.1 Å². The number of esters is 1. The molecule has 3 rings (SSSR count). The van der Waals surface area contributed by atoms with Gasteiger partial charge in [-0.2, -0.15) is 0 Å². The average Bonchev–Trinajstić information content (AvgIpc) is 2.85. The predicted octanol–water partition coefficient (Wildman–Crippen LogP) is 2.84. The maximum Gasteiger partial charge on any atom is 0.348 e. The van der Waals surface area contributed by atoms with Gasteiger partial charge in [-0.05, 0) is 25.1 Å². The number of nitrogens with one attached hydrogen (secondary N) is 1. The van der Waals surface area contributed by atoms with Gasteiger partial charge in [0.1, 0.15) is 4.88 Å². The van der Waals surface area contributed by atoms with Crippen molar-refractivity contribution < 1.29 is 9.53 Å². The fourth-order valence-electron chi connectivity index (χ4n) is 2.11. The first-order valence-corrected chi connectivity index (χ1v) is 6.56. The second kappa shape index (κ2) is 4.20. The van der Waals surface area contributed by atoms with Gasteiger partial charge in [-0.25, -0.2) is 4.79 Å². The molecule has 5 heteroatoms. The monoisotopic (exact) mass is 273 g/mol. The number of thiophene rings is 1. The van der Waals surface area contributed by atoms with Gasteiger partial charge in [0.2, 0.25) is 0 Å². The molecule has 19 heavy (non-hydrogen) atoms. The number of aromatic amines is 1. The molecular formula is C14H11NO3S. The SMILES string of the molecule is COC(=O)c1cc2c(=O)[nH]c3ccc(C)cc3c2s1. The number of methoxy groups -OCH3 is 1. The van der Waals surface area contributed by atoms with Crippen LogP contribution in [0.4, 0.5) is 0 Å². The Balaban J connectivity index is 2.45. The maximum atomic E-state index is 12.0. The van der Waals surface area contributed by atoms with E-state index in [1.807, 2.05) is 25.1 Å². The van der Waals surface area contributed by atoms with Crippen LogP contribution >= 0.6 is 11.3 Å². The Kier molecular flexibility index (Phi) is 2.64. The fourth-order valence-corrected chi connectivity index (χ4v) is 3.21. The highest BCUT2D eigenvalue weighted by atomic mass is 32.1. The van der Waals surface area contributed by atoms with E-state index in [4.69, 9.17) is 4.74 Å². The topological polar surface area (TPSA) is 59.2 Å². The Labute approximate surface area is 112 Å². The van der Waals surface area contributed by atoms with Crippen molar-refractivity contribution in [3.8, 4) is 0 Å². The minimum atomic E-state index is -0.415. The maximum absolute atomic E-state index is 12.0. The smallest absolute Gasteiger partial charge is 0.348 e. The Morgan fingerprint density at radius 3 is 2.79 bits per heavy atom. The lowest BCUT2D eigenvalue weighted by Crippen LogP contribution is -2.04. The summed E-state index contributed by atoms with van der Waals surface area (Å²) in [6.45, 7) is 1.99. The summed E-state index contributed by atoms with van der Waals surface area (Å²) in [5.74, 6) is -0.415. The third-order valence-corrected chi connectivity index (χ3v) is 4.18. The van der Waals surface area contributed by atoms with Gasteiger partial charge in [0.15, 0.2) is 0 Å². The molecule has 2 heterocycles. The first-order chi connectivity index (χ1) is 9.10. The quantitative estimate of drug-likeness (QED) is 0.693. The summed E-state index contributed by atoms with van der Waals surface area (Å²) in [5.41, 5.74) is 1.70. The molecule has 0 amide bonds. The molecule has 0 atom stereocenters.